The highest BCUT2D eigenvalue weighted by Gasteiger charge is 2.25. The molecule has 0 aliphatic carbocycles. The summed E-state index contributed by atoms with van der Waals surface area (Å²) >= 11 is 0. The molecule has 0 radical (unpaired) electrons. The van der Waals surface area contributed by atoms with Gasteiger partial charge in [-0.3, -0.25) is 0 Å². The highest BCUT2D eigenvalue weighted by molar-refractivity contribution is 6.89. The van der Waals surface area contributed by atoms with E-state index in [4.69, 9.17) is 14.2 Å². The lowest BCUT2D eigenvalue weighted by atomic mass is 10.2. The summed E-state index contributed by atoms with van der Waals surface area (Å²) in [6.45, 7) is 8.43. The van der Waals surface area contributed by atoms with Gasteiger partial charge in [0.15, 0.2) is 0 Å². The second kappa shape index (κ2) is 5.61. The lowest BCUT2D eigenvalue weighted by molar-refractivity contribution is -0.225. The molecule has 102 valence electrons. The minimum atomic E-state index is -1.34. The summed E-state index contributed by atoms with van der Waals surface area (Å²) in [5, 5.41) is 1.44. The van der Waals surface area contributed by atoms with Crippen LogP contribution in [0.25, 0.3) is 0 Å². The number of hydrogen-bond donors (Lipinski definition) is 0. The second-order valence-electron chi connectivity index (χ2n) is 5.85. The molecule has 1 aliphatic rings. The zero-order chi connectivity index (χ0) is 13.2. The number of methoxy groups -OCH3 is 1. The van der Waals surface area contributed by atoms with Gasteiger partial charge in [-0.2, -0.15) is 11.3 Å². The van der Waals surface area contributed by atoms with Gasteiger partial charge in [0, 0.05) is 7.11 Å². The van der Waals surface area contributed by atoms with Crippen LogP contribution in [0, 0.1) is 0 Å². The van der Waals surface area contributed by atoms with E-state index in [9.17, 15) is 0 Å². The minimum absolute atomic E-state index is 0.151. The standard InChI is InChI=1S/C14H23O3Si/c1-15-10-11-8-9-16-14(17-11)12-6-5-7-13(12)18(2,3)4/h5-7,11,14H,8-10H2,1-4H3/q-1/t11-,14-/m0/s1. The summed E-state index contributed by atoms with van der Waals surface area (Å²) in [7, 11) is 0.371. The van der Waals surface area contributed by atoms with Gasteiger partial charge in [-0.1, -0.05) is 19.6 Å². The van der Waals surface area contributed by atoms with Gasteiger partial charge < -0.3 is 14.2 Å². The summed E-state index contributed by atoms with van der Waals surface area (Å²) < 4.78 is 16.9. The van der Waals surface area contributed by atoms with Gasteiger partial charge in [-0.25, -0.2) is 12.1 Å². The topological polar surface area (TPSA) is 27.7 Å². The first-order valence-corrected chi connectivity index (χ1v) is 10.0. The van der Waals surface area contributed by atoms with E-state index in [0.29, 0.717) is 6.61 Å². The van der Waals surface area contributed by atoms with Gasteiger partial charge in [0.25, 0.3) is 0 Å². The second-order valence-corrected chi connectivity index (χ2v) is 10.9. The molecule has 18 heavy (non-hydrogen) atoms. The summed E-state index contributed by atoms with van der Waals surface area (Å²) in [5.74, 6) is 0. The largest absolute Gasteiger partial charge is 0.382 e. The first kappa shape index (κ1) is 13.9. The van der Waals surface area contributed by atoms with Crippen molar-refractivity contribution >= 4 is 13.3 Å². The lowest BCUT2D eigenvalue weighted by Crippen LogP contribution is -2.41. The van der Waals surface area contributed by atoms with Gasteiger partial charge in [-0.05, 0) is 6.42 Å². The maximum atomic E-state index is 5.98. The molecule has 0 aromatic heterocycles. The third-order valence-corrected chi connectivity index (χ3v) is 5.36. The van der Waals surface area contributed by atoms with Crippen LogP contribution in [0.15, 0.2) is 18.2 Å². The van der Waals surface area contributed by atoms with Crippen LogP contribution in [0.4, 0.5) is 0 Å². The molecule has 1 aromatic rings. The van der Waals surface area contributed by atoms with Gasteiger partial charge in [0.2, 0.25) is 0 Å². The molecule has 1 saturated heterocycles. The molecule has 3 nitrogen and oxygen atoms in total. The normalized spacial score (nSPS) is 25.3. The maximum Gasteiger partial charge on any atom is 0.138 e. The van der Waals surface area contributed by atoms with Crippen molar-refractivity contribution in [2.24, 2.45) is 0 Å². The van der Waals surface area contributed by atoms with Crippen molar-refractivity contribution in [2.75, 3.05) is 20.3 Å². The predicted octanol–water partition coefficient (Wildman–Crippen LogP) is 2.40. The van der Waals surface area contributed by atoms with Gasteiger partial charge in [0.1, 0.15) is 6.29 Å². The fourth-order valence-corrected chi connectivity index (χ4v) is 4.05. The van der Waals surface area contributed by atoms with E-state index in [2.05, 4.69) is 37.8 Å². The van der Waals surface area contributed by atoms with E-state index in [1.165, 1.54) is 10.8 Å². The highest BCUT2D eigenvalue weighted by Crippen LogP contribution is 2.27. The minimum Gasteiger partial charge on any atom is -0.382 e. The molecule has 0 amide bonds. The van der Waals surface area contributed by atoms with E-state index in [1.807, 2.05) is 0 Å². The summed E-state index contributed by atoms with van der Waals surface area (Å²) in [6, 6.07) is 6.46. The molecular weight excluding hydrogens is 244 g/mol. The van der Waals surface area contributed by atoms with E-state index < -0.39 is 8.07 Å². The average Bonchev–Trinajstić information content (AvgIpc) is 2.78. The third-order valence-electron chi connectivity index (χ3n) is 3.29. The molecule has 2 rings (SSSR count). The van der Waals surface area contributed by atoms with Crippen LogP contribution in [-0.4, -0.2) is 34.5 Å². The lowest BCUT2D eigenvalue weighted by Gasteiger charge is -2.35. The SMILES string of the molecule is COC[C@@H]1CCO[C@H]([c-]2cccc2[Si](C)(C)C)O1. The molecule has 2 atom stereocenters. The van der Waals surface area contributed by atoms with Crippen molar-refractivity contribution in [1.29, 1.82) is 0 Å². The Bertz CT molecular complexity index is 379. The van der Waals surface area contributed by atoms with E-state index >= 15 is 0 Å². The first-order chi connectivity index (χ1) is 8.52. The van der Waals surface area contributed by atoms with Crippen LogP contribution in [-0.2, 0) is 14.2 Å². The van der Waals surface area contributed by atoms with Crippen LogP contribution >= 0.6 is 0 Å². The summed E-state index contributed by atoms with van der Waals surface area (Å²) in [4.78, 5) is 0. The molecule has 1 aromatic carbocycles. The van der Waals surface area contributed by atoms with Gasteiger partial charge >= 0.3 is 0 Å². The van der Waals surface area contributed by atoms with Crippen molar-refractivity contribution in [3.63, 3.8) is 0 Å². The van der Waals surface area contributed by atoms with Crippen molar-refractivity contribution in [3.05, 3.63) is 23.8 Å². The average molecular weight is 267 g/mol. The molecule has 4 heteroatoms. The van der Waals surface area contributed by atoms with Crippen molar-refractivity contribution < 1.29 is 14.2 Å². The number of ether oxygens (including phenoxy) is 3. The van der Waals surface area contributed by atoms with Gasteiger partial charge in [-0.15, -0.1) is 5.56 Å². The van der Waals surface area contributed by atoms with Crippen LogP contribution in [0.1, 0.15) is 18.3 Å². The Balaban J connectivity index is 2.14. The zero-order valence-electron chi connectivity index (χ0n) is 11.7. The van der Waals surface area contributed by atoms with Crippen molar-refractivity contribution in [2.45, 2.75) is 38.5 Å². The smallest absolute Gasteiger partial charge is 0.138 e. The monoisotopic (exact) mass is 267 g/mol. The van der Waals surface area contributed by atoms with Crippen LogP contribution in [0.2, 0.25) is 19.6 Å². The molecule has 1 heterocycles. The highest BCUT2D eigenvalue weighted by atomic mass is 28.3. The molecule has 1 aliphatic heterocycles. The van der Waals surface area contributed by atoms with E-state index in [0.717, 1.165) is 13.0 Å². The molecule has 0 N–H and O–H groups in total. The van der Waals surface area contributed by atoms with E-state index in [-0.39, 0.29) is 12.4 Å². The molecule has 0 saturated carbocycles. The molecular formula is C14H23O3Si-. The Hall–Kier alpha value is -0.553. The predicted molar refractivity (Wildman–Crippen MR) is 75.1 cm³/mol. The molecule has 0 unspecified atom stereocenters. The summed E-state index contributed by atoms with van der Waals surface area (Å²) in [6.07, 6.45) is 0.849. The Kier molecular flexibility index (Phi) is 4.32. The zero-order valence-corrected chi connectivity index (χ0v) is 12.7. The fourth-order valence-electron chi connectivity index (χ4n) is 2.38. The molecule has 0 spiro atoms. The summed E-state index contributed by atoms with van der Waals surface area (Å²) in [5.41, 5.74) is 1.22. The number of rotatable bonds is 4. The first-order valence-electron chi connectivity index (χ1n) is 6.54. The Morgan fingerprint density at radius 3 is 2.89 bits per heavy atom. The number of hydrogen-bond acceptors (Lipinski definition) is 3. The van der Waals surface area contributed by atoms with Crippen LogP contribution < -0.4 is 5.19 Å². The Labute approximate surface area is 110 Å². The Morgan fingerprint density at radius 2 is 2.22 bits per heavy atom. The van der Waals surface area contributed by atoms with Crippen LogP contribution in [0.5, 0.6) is 0 Å². The Morgan fingerprint density at radius 1 is 1.44 bits per heavy atom. The van der Waals surface area contributed by atoms with E-state index in [1.54, 1.807) is 7.11 Å². The van der Waals surface area contributed by atoms with Crippen molar-refractivity contribution in [3.8, 4) is 0 Å². The van der Waals surface area contributed by atoms with Gasteiger partial charge in [0.05, 0.1) is 27.4 Å². The third kappa shape index (κ3) is 3.06. The maximum absolute atomic E-state index is 5.98. The fraction of sp³-hybridized carbons (Fsp3) is 0.643. The molecule has 1 fully saturated rings. The van der Waals surface area contributed by atoms with Crippen molar-refractivity contribution in [1.82, 2.24) is 0 Å². The molecule has 0 bridgehead atoms. The van der Waals surface area contributed by atoms with Crippen LogP contribution in [0.3, 0.4) is 0 Å². The quantitative estimate of drug-likeness (QED) is 0.619.